The van der Waals surface area contributed by atoms with E-state index < -0.39 is 0 Å². The highest BCUT2D eigenvalue weighted by molar-refractivity contribution is 7.09. The first kappa shape index (κ1) is 19.0. The molecule has 1 aliphatic heterocycles. The van der Waals surface area contributed by atoms with Gasteiger partial charge >= 0.3 is 0 Å². The van der Waals surface area contributed by atoms with Crippen molar-refractivity contribution in [2.45, 2.75) is 26.3 Å². The second kappa shape index (κ2) is 7.08. The van der Waals surface area contributed by atoms with E-state index in [0.29, 0.717) is 22.9 Å². The van der Waals surface area contributed by atoms with Gasteiger partial charge in [-0.05, 0) is 52.1 Å². The average Bonchev–Trinajstić information content (AvgIpc) is 3.45. The normalized spacial score (nSPS) is 16.8. The van der Waals surface area contributed by atoms with E-state index in [1.54, 1.807) is 17.5 Å². The predicted molar refractivity (Wildman–Crippen MR) is 121 cm³/mol. The minimum Gasteiger partial charge on any atom is -0.436 e. The van der Waals surface area contributed by atoms with Gasteiger partial charge in [0.15, 0.2) is 5.58 Å². The number of aromatic nitrogens is 2. The summed E-state index contributed by atoms with van der Waals surface area (Å²) in [6, 6.07) is 6.83. The zero-order valence-corrected chi connectivity index (χ0v) is 18.4. The highest BCUT2D eigenvalue weighted by atomic mass is 32.1. The van der Waals surface area contributed by atoms with Gasteiger partial charge in [-0.15, -0.1) is 11.3 Å². The first-order valence-electron chi connectivity index (χ1n) is 10.1. The Hall–Kier alpha value is -2.95. The second-order valence-electron chi connectivity index (χ2n) is 8.10. The average molecular weight is 418 g/mol. The lowest BCUT2D eigenvalue weighted by atomic mass is 9.94. The molecule has 4 aromatic rings. The topological polar surface area (TPSA) is 69.2 Å². The van der Waals surface area contributed by atoms with Gasteiger partial charge in [0.1, 0.15) is 6.07 Å². The van der Waals surface area contributed by atoms with Crippen LogP contribution in [0.5, 0.6) is 0 Å². The fourth-order valence-corrected chi connectivity index (χ4v) is 5.15. The lowest BCUT2D eigenvalue weighted by molar-refractivity contribution is 0.315. The number of anilines is 1. The van der Waals surface area contributed by atoms with Crippen molar-refractivity contribution in [1.29, 1.82) is 5.26 Å². The Bertz CT molecular complexity index is 1310. The van der Waals surface area contributed by atoms with Crippen LogP contribution in [0.25, 0.3) is 33.3 Å². The summed E-state index contributed by atoms with van der Waals surface area (Å²) in [7, 11) is 4.27. The standard InChI is InChI=1S/C23H23N5OS/c1-13-17(10-24)22-20(16-6-5-8-25-23(16)29-22)21(19(13)18-12-30-14(2)26-18)28-9-7-15(11-28)27(3)4/h5-6,8,12,15H,7,9,11H2,1-4H3/t15-/m0/s1. The number of fused-ring (bicyclic) bond motifs is 3. The van der Waals surface area contributed by atoms with Crippen LogP contribution < -0.4 is 4.90 Å². The molecule has 0 amide bonds. The zero-order chi connectivity index (χ0) is 21.0. The molecule has 1 atom stereocenters. The van der Waals surface area contributed by atoms with E-state index in [4.69, 9.17) is 9.40 Å². The summed E-state index contributed by atoms with van der Waals surface area (Å²) in [5, 5.41) is 15.0. The summed E-state index contributed by atoms with van der Waals surface area (Å²) in [5.41, 5.74) is 5.75. The smallest absolute Gasteiger partial charge is 0.227 e. The molecule has 1 saturated heterocycles. The van der Waals surface area contributed by atoms with Crippen LogP contribution in [0.1, 0.15) is 22.6 Å². The van der Waals surface area contributed by atoms with Gasteiger partial charge in [-0.1, -0.05) is 0 Å². The Balaban J connectivity index is 1.90. The molecule has 0 aliphatic carbocycles. The minimum absolute atomic E-state index is 0.484. The highest BCUT2D eigenvalue weighted by Gasteiger charge is 2.32. The number of furan rings is 1. The number of thiazole rings is 1. The number of pyridine rings is 1. The van der Waals surface area contributed by atoms with Crippen LogP contribution in [0, 0.1) is 25.2 Å². The maximum Gasteiger partial charge on any atom is 0.227 e. The molecule has 30 heavy (non-hydrogen) atoms. The van der Waals surface area contributed by atoms with Crippen LogP contribution in [-0.2, 0) is 0 Å². The van der Waals surface area contributed by atoms with Crippen LogP contribution >= 0.6 is 11.3 Å². The molecule has 1 aliphatic rings. The summed E-state index contributed by atoms with van der Waals surface area (Å²) >= 11 is 1.63. The van der Waals surface area contributed by atoms with Gasteiger partial charge < -0.3 is 14.2 Å². The molecule has 1 aromatic carbocycles. The third-order valence-electron chi connectivity index (χ3n) is 6.11. The molecule has 3 aromatic heterocycles. The molecule has 0 unspecified atom stereocenters. The third-order valence-corrected chi connectivity index (χ3v) is 6.89. The second-order valence-corrected chi connectivity index (χ2v) is 9.16. The van der Waals surface area contributed by atoms with Gasteiger partial charge in [-0.3, -0.25) is 0 Å². The molecule has 0 bridgehead atoms. The number of likely N-dealkylation sites (N-methyl/N-ethyl adjacent to an activating group) is 1. The molecule has 4 heterocycles. The summed E-state index contributed by atoms with van der Waals surface area (Å²) < 4.78 is 6.14. The Morgan fingerprint density at radius 2 is 2.17 bits per heavy atom. The summed E-state index contributed by atoms with van der Waals surface area (Å²) in [5.74, 6) is 0. The quantitative estimate of drug-likeness (QED) is 0.480. The van der Waals surface area contributed by atoms with Crippen molar-refractivity contribution in [2.24, 2.45) is 0 Å². The van der Waals surface area contributed by atoms with Crippen molar-refractivity contribution in [3.05, 3.63) is 39.8 Å². The summed E-state index contributed by atoms with van der Waals surface area (Å²) in [6.45, 7) is 5.90. The van der Waals surface area contributed by atoms with Gasteiger partial charge in [-0.2, -0.15) is 5.26 Å². The molecule has 6 nitrogen and oxygen atoms in total. The van der Waals surface area contributed by atoms with Gasteiger partial charge in [0.05, 0.1) is 32.7 Å². The van der Waals surface area contributed by atoms with Gasteiger partial charge in [0, 0.05) is 36.3 Å². The highest BCUT2D eigenvalue weighted by Crippen LogP contribution is 2.47. The molecule has 1 fully saturated rings. The van der Waals surface area contributed by atoms with E-state index in [0.717, 1.165) is 57.8 Å². The van der Waals surface area contributed by atoms with Crippen LogP contribution in [0.15, 0.2) is 28.1 Å². The van der Waals surface area contributed by atoms with Crippen molar-refractivity contribution < 1.29 is 4.42 Å². The molecular formula is C23H23N5OS. The molecule has 0 saturated carbocycles. The first-order valence-corrected chi connectivity index (χ1v) is 10.9. The Kier molecular flexibility index (Phi) is 4.49. The summed E-state index contributed by atoms with van der Waals surface area (Å²) in [4.78, 5) is 13.9. The van der Waals surface area contributed by atoms with Crippen molar-refractivity contribution >= 4 is 39.1 Å². The van der Waals surface area contributed by atoms with E-state index in [9.17, 15) is 5.26 Å². The van der Waals surface area contributed by atoms with Crippen LogP contribution in [0.3, 0.4) is 0 Å². The van der Waals surface area contributed by atoms with Crippen molar-refractivity contribution in [3.63, 3.8) is 0 Å². The number of nitrogens with zero attached hydrogens (tertiary/aromatic N) is 5. The van der Waals surface area contributed by atoms with Gasteiger partial charge in [0.25, 0.3) is 0 Å². The predicted octanol–water partition coefficient (Wildman–Crippen LogP) is 4.73. The number of hydrogen-bond donors (Lipinski definition) is 0. The fourth-order valence-electron chi connectivity index (χ4n) is 4.55. The fraction of sp³-hybridized carbons (Fsp3) is 0.348. The Morgan fingerprint density at radius 1 is 1.33 bits per heavy atom. The van der Waals surface area contributed by atoms with Crippen molar-refractivity contribution in [3.8, 4) is 17.3 Å². The Labute approximate surface area is 179 Å². The number of aryl methyl sites for hydroxylation is 1. The van der Waals surface area contributed by atoms with E-state index in [1.807, 2.05) is 26.0 Å². The van der Waals surface area contributed by atoms with Crippen LogP contribution in [0.2, 0.25) is 0 Å². The van der Waals surface area contributed by atoms with Crippen molar-refractivity contribution in [2.75, 3.05) is 32.1 Å². The molecular weight excluding hydrogens is 394 g/mol. The zero-order valence-electron chi connectivity index (χ0n) is 17.6. The number of benzene rings is 1. The van der Waals surface area contributed by atoms with E-state index in [-0.39, 0.29) is 0 Å². The maximum absolute atomic E-state index is 10.0. The first-order chi connectivity index (χ1) is 14.5. The van der Waals surface area contributed by atoms with Crippen LogP contribution in [0.4, 0.5) is 5.69 Å². The number of hydrogen-bond acceptors (Lipinski definition) is 7. The molecule has 152 valence electrons. The monoisotopic (exact) mass is 417 g/mol. The van der Waals surface area contributed by atoms with E-state index >= 15 is 0 Å². The molecule has 0 radical (unpaired) electrons. The third kappa shape index (κ3) is 2.79. The summed E-state index contributed by atoms with van der Waals surface area (Å²) in [6.07, 6.45) is 2.82. The molecule has 7 heteroatoms. The van der Waals surface area contributed by atoms with E-state index in [1.165, 1.54) is 0 Å². The van der Waals surface area contributed by atoms with Gasteiger partial charge in [-0.25, -0.2) is 9.97 Å². The van der Waals surface area contributed by atoms with Crippen LogP contribution in [-0.4, -0.2) is 48.1 Å². The SMILES string of the molecule is Cc1nc(-c2c(C)c(C#N)c3oc4ncccc4c3c2N2CC[C@H](N(C)C)C2)cs1. The lowest BCUT2D eigenvalue weighted by Crippen LogP contribution is -2.31. The van der Waals surface area contributed by atoms with E-state index in [2.05, 4.69) is 40.3 Å². The molecule has 0 N–H and O–H groups in total. The number of rotatable bonds is 3. The molecule has 5 rings (SSSR count). The maximum atomic E-state index is 10.0. The number of nitriles is 1. The Morgan fingerprint density at radius 3 is 2.83 bits per heavy atom. The van der Waals surface area contributed by atoms with Gasteiger partial charge in [0.2, 0.25) is 5.71 Å². The van der Waals surface area contributed by atoms with Crippen molar-refractivity contribution in [1.82, 2.24) is 14.9 Å². The lowest BCUT2D eigenvalue weighted by Gasteiger charge is -2.26. The largest absolute Gasteiger partial charge is 0.436 e. The molecule has 0 spiro atoms. The minimum atomic E-state index is 0.484.